The van der Waals surface area contributed by atoms with E-state index in [9.17, 15) is 31.9 Å². The first-order valence-corrected chi connectivity index (χ1v) is 17.0. The van der Waals surface area contributed by atoms with Crippen molar-refractivity contribution >= 4 is 34.0 Å². The Kier molecular flexibility index (Phi) is 9.77. The number of nitrogens with zero attached hydrogens (tertiary/aromatic N) is 3. The lowest BCUT2D eigenvalue weighted by atomic mass is 9.90. The van der Waals surface area contributed by atoms with E-state index < -0.39 is 35.0 Å². The fourth-order valence-electron chi connectivity index (χ4n) is 6.88. The highest BCUT2D eigenvalue weighted by Gasteiger charge is 2.35. The highest BCUT2D eigenvalue weighted by Crippen LogP contribution is 2.42. The first-order chi connectivity index (χ1) is 24.9. The predicted molar refractivity (Wildman–Crippen MR) is 189 cm³/mol. The maximum Gasteiger partial charge on any atom is 0.417 e. The van der Waals surface area contributed by atoms with Crippen LogP contribution in [0.3, 0.4) is 0 Å². The molecule has 14 heteroatoms. The fraction of sp³-hybridized carbons (Fsp3) is 0.316. The molecule has 0 spiro atoms. The van der Waals surface area contributed by atoms with Gasteiger partial charge in [-0.05, 0) is 103 Å². The number of likely N-dealkylation sites (N-methyl/N-ethyl adjacent to an activating group) is 1. The summed E-state index contributed by atoms with van der Waals surface area (Å²) in [5.74, 6) is -2.57. The van der Waals surface area contributed by atoms with Crippen molar-refractivity contribution in [1.82, 2.24) is 15.1 Å². The first kappa shape index (κ1) is 35.2. The molecule has 0 unspecified atom stereocenters. The number of hydrogen-bond acceptors (Lipinski definition) is 7. The second kappa shape index (κ2) is 14.4. The monoisotopic (exact) mass is 720 g/mol. The molecule has 2 saturated heterocycles. The lowest BCUT2D eigenvalue weighted by Crippen LogP contribution is -2.44. The van der Waals surface area contributed by atoms with E-state index in [0.29, 0.717) is 47.5 Å². The van der Waals surface area contributed by atoms with Crippen LogP contribution in [0.25, 0.3) is 22.0 Å². The number of rotatable bonds is 8. The number of anilines is 3. The van der Waals surface area contributed by atoms with Crippen molar-refractivity contribution in [2.45, 2.75) is 31.5 Å². The molecule has 3 heterocycles. The average molecular weight is 721 g/mol. The van der Waals surface area contributed by atoms with Crippen LogP contribution in [0.15, 0.2) is 66.7 Å². The molecule has 9 nitrogen and oxygen atoms in total. The molecule has 1 amide bonds. The Morgan fingerprint density at radius 3 is 2.38 bits per heavy atom. The summed E-state index contributed by atoms with van der Waals surface area (Å²) in [5, 5.41) is 23.8. The van der Waals surface area contributed by atoms with E-state index in [0.717, 1.165) is 69.0 Å². The Balaban J connectivity index is 1.27. The van der Waals surface area contributed by atoms with Crippen molar-refractivity contribution in [3.63, 3.8) is 0 Å². The van der Waals surface area contributed by atoms with Gasteiger partial charge in [-0.1, -0.05) is 6.07 Å². The minimum atomic E-state index is -4.82. The largest absolute Gasteiger partial charge is 0.508 e. The zero-order valence-electron chi connectivity index (χ0n) is 28.3. The van der Waals surface area contributed by atoms with Gasteiger partial charge in [-0.25, -0.2) is 8.78 Å². The van der Waals surface area contributed by atoms with Crippen molar-refractivity contribution in [3.8, 4) is 16.9 Å². The van der Waals surface area contributed by atoms with Gasteiger partial charge in [0.1, 0.15) is 17.4 Å². The highest BCUT2D eigenvalue weighted by atomic mass is 19.4. The van der Waals surface area contributed by atoms with Gasteiger partial charge in [-0.2, -0.15) is 18.3 Å². The summed E-state index contributed by atoms with van der Waals surface area (Å²) < 4.78 is 76.7. The zero-order chi connectivity index (χ0) is 36.6. The second-order valence-electron chi connectivity index (χ2n) is 13.3. The normalized spacial score (nSPS) is 16.0. The third-order valence-corrected chi connectivity index (χ3v) is 9.63. The smallest absolute Gasteiger partial charge is 0.417 e. The number of halogens is 5. The van der Waals surface area contributed by atoms with Gasteiger partial charge in [0, 0.05) is 68.3 Å². The number of H-pyrrole nitrogens is 1. The van der Waals surface area contributed by atoms with Crippen LogP contribution in [0.1, 0.15) is 39.9 Å². The number of phenolic OH excluding ortho intramolecular Hbond substituents is 1. The quantitative estimate of drug-likeness (QED) is 0.124. The van der Waals surface area contributed by atoms with Gasteiger partial charge in [-0.3, -0.25) is 9.89 Å². The van der Waals surface area contributed by atoms with E-state index in [-0.39, 0.29) is 40.5 Å². The number of nitrogens with one attached hydrogen (secondary N) is 3. The van der Waals surface area contributed by atoms with Gasteiger partial charge in [0.15, 0.2) is 5.82 Å². The summed E-state index contributed by atoms with van der Waals surface area (Å²) in [4.78, 5) is 18.5. The van der Waals surface area contributed by atoms with E-state index in [4.69, 9.17) is 4.74 Å². The maximum atomic E-state index is 14.2. The van der Waals surface area contributed by atoms with Crippen LogP contribution < -0.4 is 15.5 Å². The second-order valence-corrected chi connectivity index (χ2v) is 13.3. The highest BCUT2D eigenvalue weighted by molar-refractivity contribution is 6.11. The third kappa shape index (κ3) is 7.67. The molecule has 7 rings (SSSR count). The van der Waals surface area contributed by atoms with E-state index in [1.54, 1.807) is 12.1 Å². The van der Waals surface area contributed by atoms with Crippen LogP contribution in [0.5, 0.6) is 5.75 Å². The molecular formula is C38H37F5N6O3. The molecule has 272 valence electrons. The van der Waals surface area contributed by atoms with Crippen molar-refractivity contribution in [2.24, 2.45) is 0 Å². The van der Waals surface area contributed by atoms with E-state index in [1.807, 2.05) is 12.1 Å². The number of aromatic hydroxyl groups is 1. The molecule has 5 aromatic rings. The molecule has 1 aromatic heterocycles. The Morgan fingerprint density at radius 2 is 1.67 bits per heavy atom. The molecule has 0 bridgehead atoms. The minimum absolute atomic E-state index is 0.101. The molecule has 0 atom stereocenters. The number of carbonyl (C=O) groups excluding carboxylic acids is 1. The minimum Gasteiger partial charge on any atom is -0.508 e. The van der Waals surface area contributed by atoms with Crippen molar-refractivity contribution in [3.05, 3.63) is 101 Å². The fourth-order valence-corrected chi connectivity index (χ4v) is 6.88. The standard InChI is InChI=1S/C38H37F5N6O3/c1-48-8-10-49(11-9-48)27-2-4-30(34(19-27)44-26-6-12-52-13-7-26)37(51)45-36-32-17-23(14-22-15-24(39)18-25(40)16-22)31(21-35(32)46-47-36)29-5-3-28(50)20-33(29)38(41,42)43/h2-5,15-21,26,44,50H,6-14H2,1H3,(H2,45,46,47,51). The summed E-state index contributed by atoms with van der Waals surface area (Å²) in [6.07, 6.45) is -3.42. The SMILES string of the molecule is CN1CCN(c2ccc(C(=O)Nc3n[nH]c4cc(-c5ccc(O)cc5C(F)(F)F)c(Cc5cc(F)cc(F)c5)cc34)c(NC3CCOCC3)c2)CC1. The number of alkyl halides is 3. The number of fused-ring (bicyclic) bond motifs is 1. The van der Waals surface area contributed by atoms with Crippen LogP contribution in [0.4, 0.5) is 39.1 Å². The molecule has 2 aliphatic heterocycles. The third-order valence-electron chi connectivity index (χ3n) is 9.63. The van der Waals surface area contributed by atoms with Crippen molar-refractivity contribution < 1.29 is 36.6 Å². The van der Waals surface area contributed by atoms with Gasteiger partial charge in [0.05, 0.1) is 16.6 Å². The maximum absolute atomic E-state index is 14.2. The van der Waals surface area contributed by atoms with E-state index in [2.05, 4.69) is 37.7 Å². The number of phenols is 1. The summed E-state index contributed by atoms with van der Waals surface area (Å²) in [6, 6.07) is 14.6. The molecule has 0 radical (unpaired) electrons. The van der Waals surface area contributed by atoms with Crippen LogP contribution in [0, 0.1) is 11.6 Å². The average Bonchev–Trinajstić information content (AvgIpc) is 3.48. The molecule has 52 heavy (non-hydrogen) atoms. The topological polar surface area (TPSA) is 106 Å². The lowest BCUT2D eigenvalue weighted by Gasteiger charge is -2.34. The predicted octanol–water partition coefficient (Wildman–Crippen LogP) is 7.42. The molecule has 0 aliphatic carbocycles. The Labute approximate surface area is 296 Å². The molecule has 2 aliphatic rings. The van der Waals surface area contributed by atoms with Crippen LogP contribution in [-0.4, -0.2) is 78.6 Å². The first-order valence-electron chi connectivity index (χ1n) is 17.0. The van der Waals surface area contributed by atoms with Crippen LogP contribution in [0.2, 0.25) is 0 Å². The van der Waals surface area contributed by atoms with Gasteiger partial charge in [-0.15, -0.1) is 0 Å². The number of amides is 1. The number of aromatic nitrogens is 2. The van der Waals surface area contributed by atoms with Crippen LogP contribution in [-0.2, 0) is 17.3 Å². The molecule has 4 aromatic carbocycles. The number of piperazine rings is 1. The number of hydrogen-bond donors (Lipinski definition) is 4. The van der Waals surface area contributed by atoms with Gasteiger partial charge in [0.25, 0.3) is 5.91 Å². The van der Waals surface area contributed by atoms with Crippen molar-refractivity contribution in [2.75, 3.05) is 62.0 Å². The Hall–Kier alpha value is -5.21. The molecule has 2 fully saturated rings. The summed E-state index contributed by atoms with van der Waals surface area (Å²) in [5.41, 5.74) is 1.57. The Bertz CT molecular complexity index is 2090. The van der Waals surface area contributed by atoms with Crippen molar-refractivity contribution in [1.29, 1.82) is 0 Å². The molecule has 0 saturated carbocycles. The summed E-state index contributed by atoms with van der Waals surface area (Å²) in [7, 11) is 2.08. The molecular weight excluding hydrogens is 683 g/mol. The van der Waals surface area contributed by atoms with Crippen LogP contribution >= 0.6 is 0 Å². The summed E-state index contributed by atoms with van der Waals surface area (Å²) >= 11 is 0. The zero-order valence-corrected chi connectivity index (χ0v) is 28.3. The van der Waals surface area contributed by atoms with Gasteiger partial charge in [0.2, 0.25) is 0 Å². The number of carbonyl (C=O) groups is 1. The molecule has 4 N–H and O–H groups in total. The Morgan fingerprint density at radius 1 is 0.942 bits per heavy atom. The van der Waals surface area contributed by atoms with E-state index in [1.165, 1.54) is 6.07 Å². The summed E-state index contributed by atoms with van der Waals surface area (Å²) in [6.45, 7) is 4.74. The number of ether oxygens (including phenoxy) is 1. The lowest BCUT2D eigenvalue weighted by molar-refractivity contribution is -0.137. The number of benzene rings is 4. The van der Waals surface area contributed by atoms with Gasteiger partial charge >= 0.3 is 6.18 Å². The van der Waals surface area contributed by atoms with Gasteiger partial charge < -0.3 is 30.3 Å². The van der Waals surface area contributed by atoms with E-state index >= 15 is 0 Å². The number of aromatic amines is 1.